The highest BCUT2D eigenvalue weighted by atomic mass is 35.5. The van der Waals surface area contributed by atoms with Gasteiger partial charge < -0.3 is 10.2 Å². The van der Waals surface area contributed by atoms with E-state index in [2.05, 4.69) is 5.32 Å². The van der Waals surface area contributed by atoms with Gasteiger partial charge in [-0.1, -0.05) is 66.6 Å². The van der Waals surface area contributed by atoms with Crippen molar-refractivity contribution in [1.82, 2.24) is 10.2 Å². The molecule has 3 rings (SSSR count). The van der Waals surface area contributed by atoms with Crippen LogP contribution in [0.2, 0.25) is 5.02 Å². The normalized spacial score (nSPS) is 12.8. The summed E-state index contributed by atoms with van der Waals surface area (Å²) in [6.45, 7) is 7.22. The fraction of sp³-hybridized carbons (Fsp3) is 0.333. The van der Waals surface area contributed by atoms with E-state index in [1.807, 2.05) is 51.1 Å². The summed E-state index contributed by atoms with van der Waals surface area (Å²) < 4.78 is 28.7. The third kappa shape index (κ3) is 8.07. The SMILES string of the molecule is CC[C@@H](C)NC(=O)[C@@H](C)N(CCc1ccccc1)C(=O)CN(c1ccc(C)cc1)S(=O)(=O)c1ccc(Cl)cc1. The molecule has 0 bridgehead atoms. The monoisotopic (exact) mass is 569 g/mol. The van der Waals surface area contributed by atoms with Crippen molar-refractivity contribution in [3.8, 4) is 0 Å². The number of amides is 2. The van der Waals surface area contributed by atoms with E-state index in [1.54, 1.807) is 31.2 Å². The summed E-state index contributed by atoms with van der Waals surface area (Å²) in [6.07, 6.45) is 1.26. The summed E-state index contributed by atoms with van der Waals surface area (Å²) in [5, 5.41) is 3.34. The average molecular weight is 570 g/mol. The van der Waals surface area contributed by atoms with Crippen LogP contribution in [0.1, 0.15) is 38.3 Å². The van der Waals surface area contributed by atoms with Gasteiger partial charge in [-0.05, 0) is 75.6 Å². The van der Waals surface area contributed by atoms with Gasteiger partial charge in [0.05, 0.1) is 10.6 Å². The Morgan fingerprint density at radius 3 is 2.13 bits per heavy atom. The third-order valence-electron chi connectivity index (χ3n) is 6.65. The molecular weight excluding hydrogens is 534 g/mol. The van der Waals surface area contributed by atoms with Gasteiger partial charge in [0, 0.05) is 17.6 Å². The molecule has 0 heterocycles. The van der Waals surface area contributed by atoms with Crippen molar-refractivity contribution in [2.45, 2.75) is 57.5 Å². The molecule has 0 fully saturated rings. The predicted octanol–water partition coefficient (Wildman–Crippen LogP) is 5.22. The summed E-state index contributed by atoms with van der Waals surface area (Å²) in [4.78, 5) is 28.4. The van der Waals surface area contributed by atoms with Crippen LogP contribution in [-0.4, -0.2) is 50.3 Å². The van der Waals surface area contributed by atoms with Crippen LogP contribution >= 0.6 is 11.6 Å². The maximum Gasteiger partial charge on any atom is 0.264 e. The minimum atomic E-state index is -4.12. The fourth-order valence-electron chi connectivity index (χ4n) is 4.01. The zero-order valence-corrected chi connectivity index (χ0v) is 24.4. The number of carbonyl (C=O) groups excluding carboxylic acids is 2. The number of carbonyl (C=O) groups is 2. The molecule has 0 saturated heterocycles. The molecule has 208 valence electrons. The second kappa shape index (κ2) is 13.6. The molecule has 0 aliphatic carbocycles. The molecule has 0 aromatic heterocycles. The van der Waals surface area contributed by atoms with Gasteiger partial charge in [0.25, 0.3) is 10.0 Å². The molecule has 9 heteroatoms. The van der Waals surface area contributed by atoms with Crippen molar-refractivity contribution in [2.24, 2.45) is 0 Å². The van der Waals surface area contributed by atoms with Crippen LogP contribution in [0.3, 0.4) is 0 Å². The summed E-state index contributed by atoms with van der Waals surface area (Å²) in [6, 6.07) is 21.5. The molecule has 0 spiro atoms. The Kier molecular flexibility index (Phi) is 10.5. The zero-order chi connectivity index (χ0) is 28.6. The molecule has 2 atom stereocenters. The molecular formula is C30H36ClN3O4S. The quantitative estimate of drug-likeness (QED) is 0.324. The van der Waals surface area contributed by atoms with Crippen molar-refractivity contribution in [3.05, 3.63) is 95.0 Å². The topological polar surface area (TPSA) is 86.8 Å². The van der Waals surface area contributed by atoms with Crippen LogP contribution in [0.25, 0.3) is 0 Å². The smallest absolute Gasteiger partial charge is 0.264 e. The van der Waals surface area contributed by atoms with Gasteiger partial charge in [0.2, 0.25) is 11.8 Å². The first-order valence-electron chi connectivity index (χ1n) is 13.0. The highest BCUT2D eigenvalue weighted by Crippen LogP contribution is 2.25. The number of anilines is 1. The fourth-order valence-corrected chi connectivity index (χ4v) is 5.55. The summed E-state index contributed by atoms with van der Waals surface area (Å²) in [5.74, 6) is -0.760. The van der Waals surface area contributed by atoms with Gasteiger partial charge in [0.1, 0.15) is 12.6 Å². The predicted molar refractivity (Wildman–Crippen MR) is 156 cm³/mol. The maximum absolute atomic E-state index is 13.9. The average Bonchev–Trinajstić information content (AvgIpc) is 2.93. The van der Waals surface area contributed by atoms with Gasteiger partial charge in [-0.15, -0.1) is 0 Å². The molecule has 2 amide bonds. The Labute approximate surface area is 236 Å². The highest BCUT2D eigenvalue weighted by molar-refractivity contribution is 7.92. The third-order valence-corrected chi connectivity index (χ3v) is 8.70. The second-order valence-electron chi connectivity index (χ2n) is 9.62. The molecule has 7 nitrogen and oxygen atoms in total. The lowest BCUT2D eigenvalue weighted by Gasteiger charge is -2.32. The van der Waals surface area contributed by atoms with Crippen LogP contribution in [0.4, 0.5) is 5.69 Å². The Morgan fingerprint density at radius 2 is 1.54 bits per heavy atom. The number of nitrogens with zero attached hydrogens (tertiary/aromatic N) is 2. The summed E-state index contributed by atoms with van der Waals surface area (Å²) >= 11 is 5.99. The number of sulfonamides is 1. The zero-order valence-electron chi connectivity index (χ0n) is 22.8. The number of halogens is 1. The number of nitrogens with one attached hydrogen (secondary N) is 1. The number of rotatable bonds is 12. The van der Waals surface area contributed by atoms with Crippen LogP contribution in [0.5, 0.6) is 0 Å². The molecule has 3 aromatic rings. The van der Waals surface area contributed by atoms with Crippen LogP contribution in [0.15, 0.2) is 83.8 Å². The number of hydrogen-bond acceptors (Lipinski definition) is 4. The number of aryl methyl sites for hydroxylation is 1. The van der Waals surface area contributed by atoms with Gasteiger partial charge in [-0.2, -0.15) is 0 Å². The first kappa shape index (κ1) is 30.2. The van der Waals surface area contributed by atoms with Crippen LogP contribution in [0, 0.1) is 6.92 Å². The lowest BCUT2D eigenvalue weighted by Crippen LogP contribution is -2.53. The molecule has 3 aromatic carbocycles. The second-order valence-corrected chi connectivity index (χ2v) is 11.9. The Hall–Kier alpha value is -3.36. The van der Waals surface area contributed by atoms with Crippen molar-refractivity contribution < 1.29 is 18.0 Å². The maximum atomic E-state index is 13.9. The molecule has 39 heavy (non-hydrogen) atoms. The summed E-state index contributed by atoms with van der Waals surface area (Å²) in [7, 11) is -4.12. The Morgan fingerprint density at radius 1 is 0.923 bits per heavy atom. The van der Waals surface area contributed by atoms with Crippen molar-refractivity contribution in [2.75, 3.05) is 17.4 Å². The molecule has 0 saturated carbocycles. The minimum Gasteiger partial charge on any atom is -0.352 e. The van der Waals surface area contributed by atoms with E-state index in [4.69, 9.17) is 11.6 Å². The highest BCUT2D eigenvalue weighted by Gasteiger charge is 2.32. The van der Waals surface area contributed by atoms with E-state index in [0.29, 0.717) is 17.1 Å². The lowest BCUT2D eigenvalue weighted by atomic mass is 10.1. The first-order chi connectivity index (χ1) is 18.5. The summed E-state index contributed by atoms with van der Waals surface area (Å²) in [5.41, 5.74) is 2.31. The van der Waals surface area contributed by atoms with E-state index in [1.165, 1.54) is 29.2 Å². The van der Waals surface area contributed by atoms with Gasteiger partial charge >= 0.3 is 0 Å². The van der Waals surface area contributed by atoms with Crippen molar-refractivity contribution in [1.29, 1.82) is 0 Å². The lowest BCUT2D eigenvalue weighted by molar-refractivity contribution is -0.139. The van der Waals surface area contributed by atoms with Crippen LogP contribution < -0.4 is 9.62 Å². The number of hydrogen-bond donors (Lipinski definition) is 1. The standard InChI is InChI=1S/C30H36ClN3O4S/c1-5-23(3)32-30(36)24(4)33(20-19-25-9-7-6-8-10-25)29(35)21-34(27-15-11-22(2)12-16-27)39(37,38)28-17-13-26(31)14-18-28/h6-18,23-24H,5,19-21H2,1-4H3,(H,32,36)/t23-,24-/m1/s1. The van der Waals surface area contributed by atoms with E-state index in [0.717, 1.165) is 21.9 Å². The first-order valence-corrected chi connectivity index (χ1v) is 14.8. The molecule has 0 radical (unpaired) electrons. The Bertz CT molecular complexity index is 1350. The van der Waals surface area contributed by atoms with Gasteiger partial charge in [-0.25, -0.2) is 8.42 Å². The van der Waals surface area contributed by atoms with E-state index < -0.39 is 28.5 Å². The van der Waals surface area contributed by atoms with E-state index in [-0.39, 0.29) is 23.4 Å². The Balaban J connectivity index is 1.96. The van der Waals surface area contributed by atoms with Crippen molar-refractivity contribution in [3.63, 3.8) is 0 Å². The van der Waals surface area contributed by atoms with Gasteiger partial charge in [0.15, 0.2) is 0 Å². The van der Waals surface area contributed by atoms with E-state index in [9.17, 15) is 18.0 Å². The van der Waals surface area contributed by atoms with E-state index >= 15 is 0 Å². The van der Waals surface area contributed by atoms with Crippen molar-refractivity contribution >= 4 is 39.1 Å². The molecule has 0 aliphatic rings. The molecule has 0 aliphatic heterocycles. The largest absolute Gasteiger partial charge is 0.352 e. The number of benzene rings is 3. The molecule has 0 unspecified atom stereocenters. The van der Waals surface area contributed by atoms with Crippen LogP contribution in [-0.2, 0) is 26.0 Å². The molecule has 1 N–H and O–H groups in total. The minimum absolute atomic E-state index is 0.0127. The van der Waals surface area contributed by atoms with Gasteiger partial charge in [-0.3, -0.25) is 13.9 Å².